The Bertz CT molecular complexity index is 286. The van der Waals surface area contributed by atoms with Gasteiger partial charge in [-0.15, -0.1) is 0 Å². The first kappa shape index (κ1) is 15.0. The third kappa shape index (κ3) is 4.64. The first-order chi connectivity index (χ1) is 8.54. The summed E-state index contributed by atoms with van der Waals surface area (Å²) in [5, 5.41) is 6.24. The lowest BCUT2D eigenvalue weighted by Crippen LogP contribution is -2.48. The van der Waals surface area contributed by atoms with Gasteiger partial charge in [0.15, 0.2) is 0 Å². The zero-order valence-electron chi connectivity index (χ0n) is 11.7. The number of carbonyl (C=O) groups excluding carboxylic acids is 2. The summed E-state index contributed by atoms with van der Waals surface area (Å²) in [5.74, 6) is 0.230. The molecule has 5 heteroatoms. The van der Waals surface area contributed by atoms with Crippen molar-refractivity contribution in [3.8, 4) is 0 Å². The van der Waals surface area contributed by atoms with Crippen LogP contribution >= 0.6 is 0 Å². The lowest BCUT2D eigenvalue weighted by atomic mass is 10.0. The highest BCUT2D eigenvalue weighted by Crippen LogP contribution is 2.11. The van der Waals surface area contributed by atoms with Crippen molar-refractivity contribution in [2.75, 3.05) is 26.2 Å². The highest BCUT2D eigenvalue weighted by Gasteiger charge is 2.23. The summed E-state index contributed by atoms with van der Waals surface area (Å²) >= 11 is 0. The van der Waals surface area contributed by atoms with Crippen LogP contribution in [0, 0.1) is 5.92 Å². The molecule has 1 heterocycles. The maximum Gasteiger partial charge on any atom is 0.224 e. The number of amides is 2. The van der Waals surface area contributed by atoms with Gasteiger partial charge in [-0.3, -0.25) is 9.59 Å². The Kier molecular flexibility index (Phi) is 6.12. The van der Waals surface area contributed by atoms with Crippen LogP contribution in [0.15, 0.2) is 0 Å². The van der Waals surface area contributed by atoms with Crippen molar-refractivity contribution < 1.29 is 9.59 Å². The Hall–Kier alpha value is -1.10. The summed E-state index contributed by atoms with van der Waals surface area (Å²) in [6.45, 7) is 8.66. The largest absolute Gasteiger partial charge is 0.353 e. The van der Waals surface area contributed by atoms with Crippen LogP contribution in [-0.2, 0) is 9.59 Å². The molecule has 2 N–H and O–H groups in total. The number of piperidine rings is 1. The average Bonchev–Trinajstić information content (AvgIpc) is 2.36. The van der Waals surface area contributed by atoms with E-state index < -0.39 is 0 Å². The SMILES string of the molecule is CCNCC(C)C(=O)NC1CCN(C(C)=O)CC1. The molecule has 1 saturated heterocycles. The second-order valence-electron chi connectivity index (χ2n) is 5.00. The fourth-order valence-electron chi connectivity index (χ4n) is 2.14. The molecular weight excluding hydrogens is 230 g/mol. The number of nitrogens with one attached hydrogen (secondary N) is 2. The zero-order valence-corrected chi connectivity index (χ0v) is 11.7. The van der Waals surface area contributed by atoms with Gasteiger partial charge in [0.2, 0.25) is 11.8 Å². The second kappa shape index (κ2) is 7.36. The van der Waals surface area contributed by atoms with Crippen LogP contribution in [0.25, 0.3) is 0 Å². The van der Waals surface area contributed by atoms with Crippen LogP contribution in [0.1, 0.15) is 33.6 Å². The molecule has 0 aromatic rings. The van der Waals surface area contributed by atoms with Crippen molar-refractivity contribution >= 4 is 11.8 Å². The maximum absolute atomic E-state index is 11.9. The van der Waals surface area contributed by atoms with E-state index in [1.165, 1.54) is 0 Å². The molecule has 0 aliphatic carbocycles. The van der Waals surface area contributed by atoms with E-state index in [0.29, 0.717) is 6.54 Å². The number of rotatable bonds is 5. The van der Waals surface area contributed by atoms with E-state index in [1.807, 2.05) is 18.7 Å². The van der Waals surface area contributed by atoms with Crippen molar-refractivity contribution in [3.05, 3.63) is 0 Å². The minimum absolute atomic E-state index is 0.00390. The van der Waals surface area contributed by atoms with E-state index in [0.717, 1.165) is 32.5 Å². The van der Waals surface area contributed by atoms with Gasteiger partial charge >= 0.3 is 0 Å². The minimum Gasteiger partial charge on any atom is -0.353 e. The molecule has 1 aliphatic heterocycles. The first-order valence-electron chi connectivity index (χ1n) is 6.81. The van der Waals surface area contributed by atoms with E-state index in [2.05, 4.69) is 10.6 Å². The van der Waals surface area contributed by atoms with E-state index in [9.17, 15) is 9.59 Å². The molecule has 0 aromatic heterocycles. The Labute approximate surface area is 109 Å². The quantitative estimate of drug-likeness (QED) is 0.745. The summed E-state index contributed by atoms with van der Waals surface area (Å²) in [6.07, 6.45) is 1.72. The normalized spacial score (nSPS) is 18.5. The standard InChI is InChI=1S/C13H25N3O2/c1-4-14-9-10(2)13(18)15-12-5-7-16(8-6-12)11(3)17/h10,12,14H,4-9H2,1-3H3,(H,15,18). The predicted octanol–water partition coefficient (Wildman–Crippen LogP) is 0.359. The molecular formula is C13H25N3O2. The molecule has 1 rings (SSSR count). The molecule has 18 heavy (non-hydrogen) atoms. The van der Waals surface area contributed by atoms with E-state index >= 15 is 0 Å². The summed E-state index contributed by atoms with van der Waals surface area (Å²) in [5.41, 5.74) is 0. The molecule has 1 unspecified atom stereocenters. The van der Waals surface area contributed by atoms with Crippen LogP contribution in [0.2, 0.25) is 0 Å². The fourth-order valence-corrected chi connectivity index (χ4v) is 2.14. The zero-order chi connectivity index (χ0) is 13.5. The Morgan fingerprint density at radius 1 is 1.33 bits per heavy atom. The topological polar surface area (TPSA) is 61.4 Å². The van der Waals surface area contributed by atoms with Gasteiger partial charge in [0.25, 0.3) is 0 Å². The molecule has 1 aliphatic rings. The first-order valence-corrected chi connectivity index (χ1v) is 6.81. The second-order valence-corrected chi connectivity index (χ2v) is 5.00. The molecule has 5 nitrogen and oxygen atoms in total. The van der Waals surface area contributed by atoms with Crippen LogP contribution in [0.3, 0.4) is 0 Å². The van der Waals surface area contributed by atoms with Crippen LogP contribution in [-0.4, -0.2) is 48.9 Å². The van der Waals surface area contributed by atoms with Crippen molar-refractivity contribution in [2.45, 2.75) is 39.7 Å². The summed E-state index contributed by atoms with van der Waals surface area (Å²) in [4.78, 5) is 24.9. The van der Waals surface area contributed by atoms with Gasteiger partial charge < -0.3 is 15.5 Å². The van der Waals surface area contributed by atoms with Gasteiger partial charge in [-0.2, -0.15) is 0 Å². The molecule has 2 amide bonds. The Morgan fingerprint density at radius 3 is 2.44 bits per heavy atom. The lowest BCUT2D eigenvalue weighted by molar-refractivity contribution is -0.130. The number of nitrogens with zero attached hydrogens (tertiary/aromatic N) is 1. The van der Waals surface area contributed by atoms with Gasteiger partial charge in [-0.05, 0) is 19.4 Å². The van der Waals surface area contributed by atoms with E-state index in [1.54, 1.807) is 6.92 Å². The molecule has 0 spiro atoms. The molecule has 0 saturated carbocycles. The maximum atomic E-state index is 11.9. The highest BCUT2D eigenvalue weighted by atomic mass is 16.2. The van der Waals surface area contributed by atoms with E-state index in [-0.39, 0.29) is 23.8 Å². The Morgan fingerprint density at radius 2 is 1.94 bits per heavy atom. The predicted molar refractivity (Wildman–Crippen MR) is 71.1 cm³/mol. The molecule has 1 fully saturated rings. The van der Waals surface area contributed by atoms with Gasteiger partial charge in [0.1, 0.15) is 0 Å². The third-order valence-corrected chi connectivity index (χ3v) is 3.43. The fraction of sp³-hybridized carbons (Fsp3) is 0.846. The van der Waals surface area contributed by atoms with Gasteiger partial charge in [-0.1, -0.05) is 13.8 Å². The summed E-state index contributed by atoms with van der Waals surface area (Å²) < 4.78 is 0. The molecule has 104 valence electrons. The van der Waals surface area contributed by atoms with Crippen LogP contribution in [0.4, 0.5) is 0 Å². The van der Waals surface area contributed by atoms with Gasteiger partial charge in [-0.25, -0.2) is 0 Å². The van der Waals surface area contributed by atoms with Crippen molar-refractivity contribution in [3.63, 3.8) is 0 Å². The minimum atomic E-state index is -0.00390. The number of likely N-dealkylation sites (tertiary alicyclic amines) is 1. The average molecular weight is 255 g/mol. The monoisotopic (exact) mass is 255 g/mol. The number of hydrogen-bond donors (Lipinski definition) is 2. The highest BCUT2D eigenvalue weighted by molar-refractivity contribution is 5.79. The number of hydrogen-bond acceptors (Lipinski definition) is 3. The molecule has 1 atom stereocenters. The number of carbonyl (C=O) groups is 2. The van der Waals surface area contributed by atoms with Crippen molar-refractivity contribution in [1.29, 1.82) is 0 Å². The molecule has 0 radical (unpaired) electrons. The Balaban J connectivity index is 2.27. The van der Waals surface area contributed by atoms with Crippen LogP contribution < -0.4 is 10.6 Å². The van der Waals surface area contributed by atoms with Gasteiger partial charge in [0.05, 0.1) is 0 Å². The molecule has 0 aromatic carbocycles. The third-order valence-electron chi connectivity index (χ3n) is 3.43. The van der Waals surface area contributed by atoms with Crippen molar-refractivity contribution in [1.82, 2.24) is 15.5 Å². The molecule has 0 bridgehead atoms. The van der Waals surface area contributed by atoms with Gasteiger partial charge in [0, 0.05) is 38.5 Å². The summed E-state index contributed by atoms with van der Waals surface area (Å²) in [6, 6.07) is 0.220. The van der Waals surface area contributed by atoms with E-state index in [4.69, 9.17) is 0 Å². The summed E-state index contributed by atoms with van der Waals surface area (Å²) in [7, 11) is 0. The van der Waals surface area contributed by atoms with Crippen LogP contribution in [0.5, 0.6) is 0 Å². The lowest BCUT2D eigenvalue weighted by Gasteiger charge is -2.32. The van der Waals surface area contributed by atoms with Crippen molar-refractivity contribution in [2.24, 2.45) is 5.92 Å². The smallest absolute Gasteiger partial charge is 0.224 e.